The summed E-state index contributed by atoms with van der Waals surface area (Å²) < 4.78 is 10.4. The van der Waals surface area contributed by atoms with Crippen LogP contribution in [0.15, 0.2) is 34.9 Å². The lowest BCUT2D eigenvalue weighted by Crippen LogP contribution is -2.36. The third-order valence-corrected chi connectivity index (χ3v) is 7.83. The minimum absolute atomic E-state index is 0.00366. The molecule has 0 aliphatic heterocycles. The van der Waals surface area contributed by atoms with Gasteiger partial charge in [-0.2, -0.15) is 15.2 Å². The summed E-state index contributed by atoms with van der Waals surface area (Å²) in [4.78, 5) is 35.2. The SMILES string of the molecule is CC(=CC(O)N(O)CCCC(N)C(=O)OCCC(C)=CC(O)N(O)CCCC(N)C(=O)OCCC(C)=CC(O)N(O)CCCC(N)C(=O)O)CCO. The molecule has 14 N–H and O–H groups in total. The number of aliphatic carboxylic acids is 1. The van der Waals surface area contributed by atoms with E-state index in [1.165, 1.54) is 18.2 Å². The van der Waals surface area contributed by atoms with E-state index < -0.39 is 54.7 Å². The van der Waals surface area contributed by atoms with E-state index in [1.54, 1.807) is 20.8 Å². The highest BCUT2D eigenvalue weighted by atomic mass is 16.5. The van der Waals surface area contributed by atoms with Crippen LogP contribution in [0.25, 0.3) is 0 Å². The molecule has 0 aromatic carbocycles. The monoisotopic (exact) mass is 750 g/mol. The first kappa shape index (κ1) is 49.1. The fraction of sp³-hybridized carbons (Fsp3) is 0.727. The zero-order chi connectivity index (χ0) is 39.8. The van der Waals surface area contributed by atoms with Crippen molar-refractivity contribution in [3.63, 3.8) is 0 Å². The third-order valence-electron chi connectivity index (χ3n) is 7.83. The van der Waals surface area contributed by atoms with E-state index in [1.807, 2.05) is 0 Å². The Balaban J connectivity index is 4.36. The number of nitrogens with zero attached hydrogens (tertiary/aromatic N) is 3. The second kappa shape index (κ2) is 27.7. The molecule has 0 heterocycles. The molecule has 0 amide bonds. The number of carboxylic acid groups (broad SMARTS) is 1. The molecule has 0 aliphatic carbocycles. The van der Waals surface area contributed by atoms with Gasteiger partial charge in [-0.3, -0.25) is 14.4 Å². The minimum Gasteiger partial charge on any atom is -0.480 e. The van der Waals surface area contributed by atoms with Crippen molar-refractivity contribution in [1.82, 2.24) is 15.2 Å². The molecule has 6 unspecified atom stereocenters. The highest BCUT2D eigenvalue weighted by molar-refractivity contribution is 5.75. The van der Waals surface area contributed by atoms with Crippen molar-refractivity contribution >= 4 is 17.9 Å². The Morgan fingerprint density at radius 2 is 0.904 bits per heavy atom. The van der Waals surface area contributed by atoms with Crippen molar-refractivity contribution in [2.24, 2.45) is 17.2 Å². The molecular formula is C33H62N6O13. The van der Waals surface area contributed by atoms with Gasteiger partial charge in [0.1, 0.15) is 36.8 Å². The first-order chi connectivity index (χ1) is 24.4. The van der Waals surface area contributed by atoms with Gasteiger partial charge in [0.25, 0.3) is 0 Å². The van der Waals surface area contributed by atoms with Crippen molar-refractivity contribution < 1.29 is 65.0 Å². The summed E-state index contributed by atoms with van der Waals surface area (Å²) in [5, 5.41) is 80.0. The van der Waals surface area contributed by atoms with Crippen molar-refractivity contribution in [3.05, 3.63) is 34.9 Å². The molecule has 0 bridgehead atoms. The molecule has 0 aromatic heterocycles. The van der Waals surface area contributed by atoms with Crippen molar-refractivity contribution in [2.75, 3.05) is 39.5 Å². The largest absolute Gasteiger partial charge is 0.480 e. The Morgan fingerprint density at radius 1 is 0.596 bits per heavy atom. The number of ether oxygens (including phenoxy) is 2. The number of carbonyl (C=O) groups is 3. The molecular weight excluding hydrogens is 688 g/mol. The van der Waals surface area contributed by atoms with Gasteiger partial charge in [-0.15, -0.1) is 0 Å². The summed E-state index contributed by atoms with van der Waals surface area (Å²) in [7, 11) is 0. The maximum atomic E-state index is 12.3. The molecule has 0 radical (unpaired) electrons. The molecule has 0 aromatic rings. The summed E-state index contributed by atoms with van der Waals surface area (Å²) in [5.41, 5.74) is 19.1. The molecule has 0 rings (SSSR count). The number of esters is 2. The van der Waals surface area contributed by atoms with Gasteiger partial charge in [0.2, 0.25) is 0 Å². The molecule has 302 valence electrons. The standard InChI is InChI=1S/C33H62N6O13/c1-22(10-16-40)19-28(41)38(49)14-5-8-26(35)32(46)52-18-12-24(3)21-30(43)39(50)15-6-9-27(36)33(47)51-17-11-23(2)20-29(42)37(48)13-4-7-25(34)31(44)45/h19-21,25-30,40-43,48-50H,4-18,34-36H2,1-3H3,(H,44,45). The van der Waals surface area contributed by atoms with Gasteiger partial charge in [0.15, 0.2) is 0 Å². The lowest BCUT2D eigenvalue weighted by molar-refractivity contribution is -0.177. The average molecular weight is 751 g/mol. The van der Waals surface area contributed by atoms with Crippen LogP contribution in [0.4, 0.5) is 0 Å². The third kappa shape index (κ3) is 22.9. The van der Waals surface area contributed by atoms with E-state index in [4.69, 9.17) is 36.9 Å². The molecule has 0 saturated carbocycles. The van der Waals surface area contributed by atoms with Crippen LogP contribution in [0.5, 0.6) is 0 Å². The van der Waals surface area contributed by atoms with Gasteiger partial charge in [-0.05, 0) is 83.9 Å². The van der Waals surface area contributed by atoms with E-state index in [0.717, 1.165) is 0 Å². The van der Waals surface area contributed by atoms with Crippen molar-refractivity contribution in [1.29, 1.82) is 0 Å². The fourth-order valence-corrected chi connectivity index (χ4v) is 4.46. The van der Waals surface area contributed by atoms with Gasteiger partial charge in [-0.1, -0.05) is 16.7 Å². The van der Waals surface area contributed by atoms with Crippen LogP contribution in [-0.4, -0.2) is 151 Å². The van der Waals surface area contributed by atoms with Gasteiger partial charge >= 0.3 is 17.9 Å². The van der Waals surface area contributed by atoms with E-state index in [9.17, 15) is 45.3 Å². The Morgan fingerprint density at radius 3 is 1.21 bits per heavy atom. The summed E-state index contributed by atoms with van der Waals surface area (Å²) in [6, 6.07) is -2.99. The molecule has 0 fully saturated rings. The maximum absolute atomic E-state index is 12.3. The number of hydrogen-bond donors (Lipinski definition) is 11. The lowest BCUT2D eigenvalue weighted by Gasteiger charge is -2.20. The smallest absolute Gasteiger partial charge is 0.322 e. The number of aliphatic hydroxyl groups excluding tert-OH is 4. The summed E-state index contributed by atoms with van der Waals surface area (Å²) in [5.74, 6) is -2.47. The topological polar surface area (TPSA) is 319 Å². The first-order valence-electron chi connectivity index (χ1n) is 17.3. The Hall–Kier alpha value is -2.89. The molecule has 19 heteroatoms. The number of hydrogen-bond acceptors (Lipinski definition) is 18. The molecule has 0 saturated heterocycles. The van der Waals surface area contributed by atoms with Gasteiger partial charge in [-0.25, -0.2) is 0 Å². The number of nitrogens with two attached hydrogens (primary N) is 3. The van der Waals surface area contributed by atoms with Crippen LogP contribution in [-0.2, 0) is 23.9 Å². The number of carbonyl (C=O) groups excluding carboxylic acids is 2. The first-order valence-corrected chi connectivity index (χ1v) is 17.3. The number of hydroxylamine groups is 6. The van der Waals surface area contributed by atoms with Crippen LogP contribution in [0.3, 0.4) is 0 Å². The van der Waals surface area contributed by atoms with Crippen LogP contribution in [0, 0.1) is 0 Å². The lowest BCUT2D eigenvalue weighted by atomic mass is 10.1. The van der Waals surface area contributed by atoms with Crippen LogP contribution >= 0.6 is 0 Å². The van der Waals surface area contributed by atoms with E-state index in [2.05, 4.69) is 0 Å². The minimum atomic E-state index is -1.37. The fourth-order valence-electron chi connectivity index (χ4n) is 4.46. The second-order valence-corrected chi connectivity index (χ2v) is 12.7. The highest BCUT2D eigenvalue weighted by Crippen LogP contribution is 2.10. The predicted molar refractivity (Wildman–Crippen MR) is 187 cm³/mol. The highest BCUT2D eigenvalue weighted by Gasteiger charge is 2.19. The van der Waals surface area contributed by atoms with E-state index >= 15 is 0 Å². The molecule has 19 nitrogen and oxygen atoms in total. The average Bonchev–Trinajstić information content (AvgIpc) is 3.07. The molecule has 0 aliphatic rings. The molecule has 0 spiro atoms. The zero-order valence-electron chi connectivity index (χ0n) is 30.5. The Labute approximate surface area is 305 Å². The molecule has 6 atom stereocenters. The number of aliphatic hydroxyl groups is 4. The van der Waals surface area contributed by atoms with Crippen molar-refractivity contribution in [2.45, 2.75) is 115 Å². The summed E-state index contributed by atoms with van der Waals surface area (Å²) >= 11 is 0. The molecule has 52 heavy (non-hydrogen) atoms. The quantitative estimate of drug-likeness (QED) is 0.0199. The number of rotatable bonds is 29. The Kier molecular flexibility index (Phi) is 26.1. The predicted octanol–water partition coefficient (Wildman–Crippen LogP) is -0.490. The van der Waals surface area contributed by atoms with Crippen LogP contribution < -0.4 is 17.2 Å². The van der Waals surface area contributed by atoms with E-state index in [0.29, 0.717) is 44.8 Å². The Bertz CT molecular complexity index is 1140. The normalized spacial score (nSPS) is 16.5. The van der Waals surface area contributed by atoms with Crippen LogP contribution in [0.1, 0.15) is 78.6 Å². The van der Waals surface area contributed by atoms with E-state index in [-0.39, 0.29) is 84.4 Å². The van der Waals surface area contributed by atoms with Gasteiger partial charge in [0, 0.05) is 39.1 Å². The summed E-state index contributed by atoms with van der Waals surface area (Å²) in [6.07, 6.45) is 2.30. The van der Waals surface area contributed by atoms with Crippen molar-refractivity contribution in [3.8, 4) is 0 Å². The second-order valence-electron chi connectivity index (χ2n) is 12.7. The number of carboxylic acids is 1. The summed E-state index contributed by atoms with van der Waals surface area (Å²) in [6.45, 7) is 4.95. The van der Waals surface area contributed by atoms with Crippen LogP contribution in [0.2, 0.25) is 0 Å². The van der Waals surface area contributed by atoms with Gasteiger partial charge in [0.05, 0.1) is 13.2 Å². The maximum Gasteiger partial charge on any atom is 0.322 e. The van der Waals surface area contributed by atoms with Gasteiger partial charge < -0.3 is 67.8 Å². The zero-order valence-corrected chi connectivity index (χ0v) is 30.5.